The summed E-state index contributed by atoms with van der Waals surface area (Å²) in [6, 6.07) is 2.03. The van der Waals surface area contributed by atoms with E-state index in [-0.39, 0.29) is 17.9 Å². The molecule has 3 heterocycles. The number of likely N-dealkylation sites (tertiary alicyclic amines) is 2. The van der Waals surface area contributed by atoms with Gasteiger partial charge < -0.3 is 14.4 Å². The Balaban J connectivity index is 1.62. The molecule has 1 aromatic rings. The smallest absolute Gasteiger partial charge is 0.222 e. The molecule has 1 atom stereocenters. The van der Waals surface area contributed by atoms with Gasteiger partial charge in [0.15, 0.2) is 0 Å². The summed E-state index contributed by atoms with van der Waals surface area (Å²) in [5.41, 5.74) is 1.46. The van der Waals surface area contributed by atoms with Gasteiger partial charge in [0.05, 0.1) is 12.5 Å². The topological polar surface area (TPSA) is 56.9 Å². The Morgan fingerprint density at radius 1 is 1.32 bits per heavy atom. The summed E-state index contributed by atoms with van der Waals surface area (Å²) >= 11 is 0. The van der Waals surface area contributed by atoms with Crippen LogP contribution in [0.2, 0.25) is 0 Å². The predicted molar refractivity (Wildman–Crippen MR) is 83.2 cm³/mol. The van der Waals surface area contributed by atoms with Crippen molar-refractivity contribution in [1.29, 1.82) is 0 Å². The molecule has 0 radical (unpaired) electrons. The first-order chi connectivity index (χ1) is 10.7. The first-order valence-corrected chi connectivity index (χ1v) is 8.33. The molecule has 5 nitrogen and oxygen atoms in total. The minimum Gasteiger partial charge on any atom is -0.472 e. The molecule has 22 heavy (non-hydrogen) atoms. The molecule has 0 saturated carbocycles. The Bertz CT molecular complexity index is 488. The highest BCUT2D eigenvalue weighted by Gasteiger charge is 2.41. The van der Waals surface area contributed by atoms with Gasteiger partial charge in [0.2, 0.25) is 5.91 Å². The van der Waals surface area contributed by atoms with E-state index in [0.29, 0.717) is 19.4 Å². The van der Waals surface area contributed by atoms with Crippen LogP contribution in [0.4, 0.5) is 0 Å². The lowest BCUT2D eigenvalue weighted by atomic mass is 9.73. The van der Waals surface area contributed by atoms with Crippen molar-refractivity contribution >= 4 is 5.91 Å². The molecule has 3 rings (SSSR count). The average molecular weight is 306 g/mol. The molecule has 2 saturated heterocycles. The summed E-state index contributed by atoms with van der Waals surface area (Å²) in [6.07, 6.45) is 8.29. The first-order valence-electron chi connectivity index (χ1n) is 8.33. The largest absolute Gasteiger partial charge is 0.472 e. The van der Waals surface area contributed by atoms with Gasteiger partial charge in [0.25, 0.3) is 0 Å². The van der Waals surface area contributed by atoms with E-state index in [1.54, 1.807) is 6.26 Å². The summed E-state index contributed by atoms with van der Waals surface area (Å²) in [4.78, 5) is 16.5. The average Bonchev–Trinajstić information content (AvgIpc) is 3.02. The minimum absolute atomic E-state index is 0.156. The predicted octanol–water partition coefficient (Wildman–Crippen LogP) is 1.87. The molecule has 5 heteroatoms. The molecule has 1 aromatic heterocycles. The van der Waals surface area contributed by atoms with Crippen molar-refractivity contribution < 1.29 is 14.3 Å². The Morgan fingerprint density at radius 2 is 2.23 bits per heavy atom. The zero-order chi connectivity index (χ0) is 15.4. The minimum atomic E-state index is 0.156. The maximum absolute atomic E-state index is 12.1. The van der Waals surface area contributed by atoms with Gasteiger partial charge in [-0.3, -0.25) is 9.69 Å². The quantitative estimate of drug-likeness (QED) is 0.902. The van der Waals surface area contributed by atoms with Crippen molar-refractivity contribution in [3.63, 3.8) is 0 Å². The highest BCUT2D eigenvalue weighted by atomic mass is 16.3. The van der Waals surface area contributed by atoms with E-state index in [1.165, 1.54) is 18.4 Å². The normalized spacial score (nSPS) is 26.8. The van der Waals surface area contributed by atoms with Crippen LogP contribution in [0.3, 0.4) is 0 Å². The van der Waals surface area contributed by atoms with Crippen LogP contribution in [0, 0.1) is 5.41 Å². The monoisotopic (exact) mass is 306 g/mol. The van der Waals surface area contributed by atoms with Crippen LogP contribution in [0.25, 0.3) is 0 Å². The molecule has 2 aliphatic rings. The molecular formula is C17H26N2O3. The molecular weight excluding hydrogens is 280 g/mol. The van der Waals surface area contributed by atoms with Crippen LogP contribution in [0.15, 0.2) is 23.0 Å². The Labute approximate surface area is 131 Å². The molecule has 1 N–H and O–H groups in total. The molecule has 0 aliphatic carbocycles. The van der Waals surface area contributed by atoms with Crippen molar-refractivity contribution in [2.45, 2.75) is 38.6 Å². The van der Waals surface area contributed by atoms with E-state index < -0.39 is 0 Å². The summed E-state index contributed by atoms with van der Waals surface area (Å²) in [5.74, 6) is 0.256. The highest BCUT2D eigenvalue weighted by molar-refractivity contribution is 5.77. The number of carbonyl (C=O) groups excluding carboxylic acids is 1. The molecule has 1 amide bonds. The van der Waals surface area contributed by atoms with Gasteiger partial charge in [0.1, 0.15) is 0 Å². The lowest BCUT2D eigenvalue weighted by Crippen LogP contribution is -2.54. The van der Waals surface area contributed by atoms with Gasteiger partial charge in [0, 0.05) is 50.2 Å². The highest BCUT2D eigenvalue weighted by Crippen LogP contribution is 2.39. The Morgan fingerprint density at radius 3 is 3.00 bits per heavy atom. The van der Waals surface area contributed by atoms with Gasteiger partial charge in [-0.2, -0.15) is 0 Å². The van der Waals surface area contributed by atoms with Crippen LogP contribution in [0.1, 0.15) is 37.7 Å². The van der Waals surface area contributed by atoms with Crippen molar-refractivity contribution in [3.8, 4) is 0 Å². The van der Waals surface area contributed by atoms with E-state index >= 15 is 0 Å². The number of amides is 1. The van der Waals surface area contributed by atoms with Crippen molar-refractivity contribution in [2.24, 2.45) is 5.41 Å². The third-order valence-electron chi connectivity index (χ3n) is 5.06. The SMILES string of the molecule is O=C1CCC2(CCCN(Cc3ccoc3)C2)CN1CCCO. The van der Waals surface area contributed by atoms with Crippen molar-refractivity contribution in [3.05, 3.63) is 24.2 Å². The zero-order valence-corrected chi connectivity index (χ0v) is 13.2. The zero-order valence-electron chi connectivity index (χ0n) is 13.2. The van der Waals surface area contributed by atoms with Gasteiger partial charge in [-0.1, -0.05) is 0 Å². The van der Waals surface area contributed by atoms with Gasteiger partial charge in [-0.05, 0) is 38.3 Å². The summed E-state index contributed by atoms with van der Waals surface area (Å²) < 4.78 is 5.17. The number of carbonyl (C=O) groups is 1. The second-order valence-corrected chi connectivity index (χ2v) is 6.84. The summed E-state index contributed by atoms with van der Waals surface area (Å²) in [6.45, 7) is 4.82. The maximum atomic E-state index is 12.1. The molecule has 0 aromatic carbocycles. The number of hydrogen-bond acceptors (Lipinski definition) is 4. The lowest BCUT2D eigenvalue weighted by Gasteiger charge is -2.48. The fourth-order valence-corrected chi connectivity index (χ4v) is 3.99. The fourth-order valence-electron chi connectivity index (χ4n) is 3.99. The van der Waals surface area contributed by atoms with Crippen LogP contribution >= 0.6 is 0 Å². The summed E-state index contributed by atoms with van der Waals surface area (Å²) in [7, 11) is 0. The maximum Gasteiger partial charge on any atom is 0.222 e. The lowest BCUT2D eigenvalue weighted by molar-refractivity contribution is -0.139. The fraction of sp³-hybridized carbons (Fsp3) is 0.706. The Hall–Kier alpha value is -1.33. The number of hydrogen-bond donors (Lipinski definition) is 1. The third kappa shape index (κ3) is 3.52. The number of piperidine rings is 2. The van der Waals surface area contributed by atoms with E-state index in [0.717, 1.165) is 32.6 Å². The van der Waals surface area contributed by atoms with E-state index in [9.17, 15) is 4.79 Å². The molecule has 122 valence electrons. The van der Waals surface area contributed by atoms with E-state index in [2.05, 4.69) is 4.90 Å². The molecule has 1 unspecified atom stereocenters. The third-order valence-corrected chi connectivity index (χ3v) is 5.06. The van der Waals surface area contributed by atoms with E-state index in [4.69, 9.17) is 9.52 Å². The first kappa shape index (κ1) is 15.6. The number of furan rings is 1. The van der Waals surface area contributed by atoms with Crippen LogP contribution in [-0.2, 0) is 11.3 Å². The molecule has 2 aliphatic heterocycles. The second-order valence-electron chi connectivity index (χ2n) is 6.84. The van der Waals surface area contributed by atoms with Gasteiger partial charge in [-0.15, -0.1) is 0 Å². The standard InChI is InChI=1S/C17H26N2O3/c20-9-2-8-19-14-17(6-3-16(19)21)5-1-7-18(13-17)11-15-4-10-22-12-15/h4,10,12,20H,1-3,5-9,11,13-14H2. The van der Waals surface area contributed by atoms with E-state index in [1.807, 2.05) is 17.2 Å². The van der Waals surface area contributed by atoms with Crippen LogP contribution < -0.4 is 0 Å². The van der Waals surface area contributed by atoms with Crippen molar-refractivity contribution in [2.75, 3.05) is 32.8 Å². The number of rotatable bonds is 5. The van der Waals surface area contributed by atoms with Crippen LogP contribution in [-0.4, -0.2) is 53.6 Å². The molecule has 1 spiro atoms. The Kier molecular flexibility index (Phi) is 4.84. The van der Waals surface area contributed by atoms with Gasteiger partial charge in [-0.25, -0.2) is 0 Å². The molecule has 0 bridgehead atoms. The summed E-state index contributed by atoms with van der Waals surface area (Å²) in [5, 5.41) is 9.02. The van der Waals surface area contributed by atoms with Gasteiger partial charge >= 0.3 is 0 Å². The molecule has 2 fully saturated rings. The number of aliphatic hydroxyl groups is 1. The van der Waals surface area contributed by atoms with Crippen LogP contribution in [0.5, 0.6) is 0 Å². The van der Waals surface area contributed by atoms with Crippen molar-refractivity contribution in [1.82, 2.24) is 9.80 Å². The second kappa shape index (κ2) is 6.84. The number of nitrogens with zero attached hydrogens (tertiary/aromatic N) is 2. The number of aliphatic hydroxyl groups excluding tert-OH is 1.